The lowest BCUT2D eigenvalue weighted by atomic mass is 10.0. The number of halogens is 1. The summed E-state index contributed by atoms with van der Waals surface area (Å²) in [4.78, 5) is 14.1. The fourth-order valence-electron chi connectivity index (χ4n) is 2.93. The smallest absolute Gasteiger partial charge is 0.267 e. The molecule has 1 aliphatic rings. The molecule has 4 rings (SSSR count). The van der Waals surface area contributed by atoms with E-state index >= 15 is 0 Å². The summed E-state index contributed by atoms with van der Waals surface area (Å²) in [5.41, 5.74) is 2.54. The van der Waals surface area contributed by atoms with Crippen LogP contribution in [0.3, 0.4) is 0 Å². The third kappa shape index (κ3) is 3.23. The Morgan fingerprint density at radius 2 is 1.80 bits per heavy atom. The first-order valence-electron chi connectivity index (χ1n) is 7.98. The average Bonchev–Trinajstić information content (AvgIpc) is 3.32. The van der Waals surface area contributed by atoms with Crippen molar-refractivity contribution in [1.29, 1.82) is 0 Å². The predicted octanol–water partition coefficient (Wildman–Crippen LogP) is 5.39. The second-order valence-electron chi connectivity index (χ2n) is 5.80. The Morgan fingerprint density at radius 1 is 1.04 bits per heavy atom. The standard InChI is InChI=1S/C20H15ClN2OS/c21-16-10-8-14(9-11-16)17-13-18(19-7-4-12-25-19)23(22-17)20(24)15-5-2-1-3-6-15/h1-12,18H,13H2. The van der Waals surface area contributed by atoms with Crippen molar-refractivity contribution >= 4 is 34.6 Å². The summed E-state index contributed by atoms with van der Waals surface area (Å²) in [5.74, 6) is -0.0806. The number of benzene rings is 2. The van der Waals surface area contributed by atoms with Crippen LogP contribution in [0.15, 0.2) is 77.2 Å². The Hall–Kier alpha value is -2.43. The number of hydrazone groups is 1. The minimum absolute atomic E-state index is 0.0709. The first kappa shape index (κ1) is 16.1. The number of nitrogens with zero attached hydrogens (tertiary/aromatic N) is 2. The first-order valence-corrected chi connectivity index (χ1v) is 9.23. The van der Waals surface area contributed by atoms with E-state index in [2.05, 4.69) is 11.2 Å². The van der Waals surface area contributed by atoms with E-state index < -0.39 is 0 Å². The second kappa shape index (κ2) is 6.82. The number of hydrogen-bond acceptors (Lipinski definition) is 3. The van der Waals surface area contributed by atoms with Crippen LogP contribution in [0.2, 0.25) is 5.02 Å². The minimum atomic E-state index is -0.0806. The molecule has 5 heteroatoms. The van der Waals surface area contributed by atoms with Gasteiger partial charge in [0.1, 0.15) is 0 Å². The Bertz CT molecular complexity index is 905. The molecule has 25 heavy (non-hydrogen) atoms. The number of thiophene rings is 1. The lowest BCUT2D eigenvalue weighted by molar-refractivity contribution is 0.0714. The van der Waals surface area contributed by atoms with Crippen molar-refractivity contribution in [3.8, 4) is 0 Å². The summed E-state index contributed by atoms with van der Waals surface area (Å²) in [7, 11) is 0. The van der Waals surface area contributed by atoms with Crippen molar-refractivity contribution in [2.45, 2.75) is 12.5 Å². The molecule has 0 saturated heterocycles. The predicted molar refractivity (Wildman–Crippen MR) is 102 cm³/mol. The molecule has 1 atom stereocenters. The lowest BCUT2D eigenvalue weighted by Gasteiger charge is -2.20. The molecule has 0 bridgehead atoms. The van der Waals surface area contributed by atoms with Gasteiger partial charge in [0.2, 0.25) is 0 Å². The van der Waals surface area contributed by atoms with E-state index in [4.69, 9.17) is 11.6 Å². The fraction of sp³-hybridized carbons (Fsp3) is 0.100. The molecule has 2 aromatic carbocycles. The van der Waals surface area contributed by atoms with Crippen molar-refractivity contribution < 1.29 is 4.79 Å². The molecule has 124 valence electrons. The molecular weight excluding hydrogens is 352 g/mol. The molecule has 3 aromatic rings. The third-order valence-corrected chi connectivity index (χ3v) is 5.41. The summed E-state index contributed by atoms with van der Waals surface area (Å²) < 4.78 is 0. The van der Waals surface area contributed by atoms with Gasteiger partial charge in [0.05, 0.1) is 11.8 Å². The SMILES string of the molecule is O=C(c1ccccc1)N1N=C(c2ccc(Cl)cc2)CC1c1cccs1. The summed E-state index contributed by atoms with van der Waals surface area (Å²) in [5, 5.41) is 9.00. The van der Waals surface area contributed by atoms with Gasteiger partial charge < -0.3 is 0 Å². The molecule has 0 saturated carbocycles. The monoisotopic (exact) mass is 366 g/mol. The highest BCUT2D eigenvalue weighted by atomic mass is 35.5. The molecule has 1 unspecified atom stereocenters. The Morgan fingerprint density at radius 3 is 2.48 bits per heavy atom. The van der Waals surface area contributed by atoms with Crippen LogP contribution in [0.4, 0.5) is 0 Å². The quantitative estimate of drug-likeness (QED) is 0.611. The second-order valence-corrected chi connectivity index (χ2v) is 7.22. The van der Waals surface area contributed by atoms with Gasteiger partial charge in [-0.1, -0.05) is 48.0 Å². The van der Waals surface area contributed by atoms with Gasteiger partial charge in [-0.3, -0.25) is 4.79 Å². The molecule has 1 aromatic heterocycles. The van der Waals surface area contributed by atoms with Crippen molar-refractivity contribution in [3.63, 3.8) is 0 Å². The van der Waals surface area contributed by atoms with Gasteiger partial charge in [0.15, 0.2) is 0 Å². The maximum atomic E-state index is 13.0. The van der Waals surface area contributed by atoms with E-state index in [-0.39, 0.29) is 11.9 Å². The molecule has 1 aliphatic heterocycles. The van der Waals surface area contributed by atoms with Crippen molar-refractivity contribution in [2.75, 3.05) is 0 Å². The number of amides is 1. The van der Waals surface area contributed by atoms with Crippen LogP contribution in [-0.4, -0.2) is 16.6 Å². The third-order valence-electron chi connectivity index (χ3n) is 4.19. The van der Waals surface area contributed by atoms with Crippen LogP contribution in [0.25, 0.3) is 0 Å². The molecule has 0 aliphatic carbocycles. The maximum Gasteiger partial charge on any atom is 0.274 e. The minimum Gasteiger partial charge on any atom is -0.267 e. The zero-order valence-electron chi connectivity index (χ0n) is 13.3. The van der Waals surface area contributed by atoms with E-state index in [0.29, 0.717) is 17.0 Å². The zero-order valence-corrected chi connectivity index (χ0v) is 14.9. The van der Waals surface area contributed by atoms with Gasteiger partial charge in [-0.2, -0.15) is 5.10 Å². The van der Waals surface area contributed by atoms with Crippen molar-refractivity contribution in [3.05, 3.63) is 93.1 Å². The highest BCUT2D eigenvalue weighted by Gasteiger charge is 2.34. The van der Waals surface area contributed by atoms with Crippen molar-refractivity contribution in [2.24, 2.45) is 5.10 Å². The summed E-state index contributed by atoms with van der Waals surface area (Å²) in [6.07, 6.45) is 0.695. The number of carbonyl (C=O) groups excluding carboxylic acids is 1. The van der Waals surface area contributed by atoms with E-state index in [9.17, 15) is 4.79 Å². The first-order chi connectivity index (χ1) is 12.2. The Balaban J connectivity index is 1.71. The van der Waals surface area contributed by atoms with E-state index in [1.807, 2.05) is 66.0 Å². The highest BCUT2D eigenvalue weighted by molar-refractivity contribution is 7.10. The average molecular weight is 367 g/mol. The van der Waals surface area contributed by atoms with E-state index in [1.165, 1.54) is 0 Å². The number of hydrogen-bond donors (Lipinski definition) is 0. The van der Waals surface area contributed by atoms with Gasteiger partial charge in [-0.05, 0) is 41.3 Å². The molecule has 3 nitrogen and oxygen atoms in total. The lowest BCUT2D eigenvalue weighted by Crippen LogP contribution is -2.26. The summed E-state index contributed by atoms with van der Waals surface area (Å²) in [6.45, 7) is 0. The molecule has 0 radical (unpaired) electrons. The maximum absolute atomic E-state index is 13.0. The van der Waals surface area contributed by atoms with Crippen LogP contribution in [0, 0.1) is 0 Å². The Kier molecular flexibility index (Phi) is 4.38. The van der Waals surface area contributed by atoms with Gasteiger partial charge in [-0.25, -0.2) is 5.01 Å². The highest BCUT2D eigenvalue weighted by Crippen LogP contribution is 2.36. The van der Waals surface area contributed by atoms with Crippen LogP contribution >= 0.6 is 22.9 Å². The molecule has 0 fully saturated rings. The normalized spacial score (nSPS) is 16.8. The van der Waals surface area contributed by atoms with Gasteiger partial charge in [-0.15, -0.1) is 11.3 Å². The molecular formula is C20H15ClN2OS. The zero-order chi connectivity index (χ0) is 17.2. The van der Waals surface area contributed by atoms with Crippen molar-refractivity contribution in [1.82, 2.24) is 5.01 Å². The van der Waals surface area contributed by atoms with E-state index in [1.54, 1.807) is 16.3 Å². The van der Waals surface area contributed by atoms with Gasteiger partial charge in [0.25, 0.3) is 5.91 Å². The number of carbonyl (C=O) groups is 1. The van der Waals surface area contributed by atoms with Crippen LogP contribution < -0.4 is 0 Å². The largest absolute Gasteiger partial charge is 0.274 e. The molecule has 2 heterocycles. The summed E-state index contributed by atoms with van der Waals surface area (Å²) >= 11 is 7.63. The Labute approximate surface area is 155 Å². The fourth-order valence-corrected chi connectivity index (χ4v) is 3.87. The van der Waals surface area contributed by atoms with Crippen LogP contribution in [0.1, 0.15) is 33.3 Å². The molecule has 0 spiro atoms. The van der Waals surface area contributed by atoms with Gasteiger partial charge >= 0.3 is 0 Å². The topological polar surface area (TPSA) is 32.7 Å². The summed E-state index contributed by atoms with van der Waals surface area (Å²) in [6, 6.07) is 20.9. The number of rotatable bonds is 3. The van der Waals surface area contributed by atoms with Crippen LogP contribution in [-0.2, 0) is 0 Å². The van der Waals surface area contributed by atoms with E-state index in [0.717, 1.165) is 16.2 Å². The van der Waals surface area contributed by atoms with Gasteiger partial charge in [0, 0.05) is 21.9 Å². The molecule has 0 N–H and O–H groups in total. The van der Waals surface area contributed by atoms with Crippen LogP contribution in [0.5, 0.6) is 0 Å². The molecule has 1 amide bonds.